The van der Waals surface area contributed by atoms with Gasteiger partial charge >= 0.3 is 5.97 Å². The van der Waals surface area contributed by atoms with Crippen molar-refractivity contribution in [2.24, 2.45) is 7.05 Å². The molecule has 0 saturated heterocycles. The number of nitrogens with zero attached hydrogens (tertiary/aromatic N) is 5. The highest BCUT2D eigenvalue weighted by Gasteiger charge is 2.22. The molecule has 8 heteroatoms. The van der Waals surface area contributed by atoms with E-state index in [0.717, 1.165) is 11.3 Å². The van der Waals surface area contributed by atoms with Gasteiger partial charge in [0.15, 0.2) is 0 Å². The van der Waals surface area contributed by atoms with Crippen molar-refractivity contribution in [3.05, 3.63) is 65.0 Å². The minimum absolute atomic E-state index is 0.354. The van der Waals surface area contributed by atoms with Crippen LogP contribution in [0.3, 0.4) is 0 Å². The van der Waals surface area contributed by atoms with Crippen LogP contribution in [-0.2, 0) is 18.3 Å². The number of aryl methyl sites for hydroxylation is 1. The fourth-order valence-electron chi connectivity index (χ4n) is 2.28. The maximum absolute atomic E-state index is 12.5. The van der Waals surface area contributed by atoms with Crippen LogP contribution in [0.5, 0.6) is 0 Å². The van der Waals surface area contributed by atoms with Gasteiger partial charge in [-0.3, -0.25) is 4.68 Å². The van der Waals surface area contributed by atoms with Crippen LogP contribution >= 0.6 is 11.6 Å². The van der Waals surface area contributed by atoms with Gasteiger partial charge in [-0.15, -0.1) is 0 Å². The summed E-state index contributed by atoms with van der Waals surface area (Å²) in [5.41, 5.74) is 2.01. The van der Waals surface area contributed by atoms with Crippen LogP contribution in [0.1, 0.15) is 27.7 Å². The van der Waals surface area contributed by atoms with Gasteiger partial charge in [-0.25, -0.2) is 14.5 Å². The molecule has 0 amide bonds. The van der Waals surface area contributed by atoms with Crippen molar-refractivity contribution in [2.75, 3.05) is 0 Å². The molecule has 0 unspecified atom stereocenters. The summed E-state index contributed by atoms with van der Waals surface area (Å²) in [7, 11) is 1.78. The lowest BCUT2D eigenvalue weighted by atomic mass is 10.1. The lowest BCUT2D eigenvalue weighted by Crippen LogP contribution is -2.18. The van der Waals surface area contributed by atoms with Gasteiger partial charge in [0.25, 0.3) is 0 Å². The monoisotopic (exact) mass is 345 g/mol. The average Bonchev–Trinajstić information content (AvgIpc) is 3.18. The Labute approximate surface area is 143 Å². The molecule has 24 heavy (non-hydrogen) atoms. The van der Waals surface area contributed by atoms with E-state index in [2.05, 4.69) is 15.2 Å². The van der Waals surface area contributed by atoms with E-state index >= 15 is 0 Å². The van der Waals surface area contributed by atoms with E-state index in [0.29, 0.717) is 17.1 Å². The van der Waals surface area contributed by atoms with Crippen LogP contribution in [0.4, 0.5) is 0 Å². The molecule has 0 aliphatic carbocycles. The van der Waals surface area contributed by atoms with Crippen LogP contribution in [0, 0.1) is 6.92 Å². The van der Waals surface area contributed by atoms with Crippen LogP contribution < -0.4 is 0 Å². The fourth-order valence-corrected chi connectivity index (χ4v) is 2.40. The molecule has 0 fully saturated rings. The first-order valence-electron chi connectivity index (χ1n) is 7.32. The van der Waals surface area contributed by atoms with E-state index in [1.165, 1.54) is 12.5 Å². The second kappa shape index (κ2) is 6.84. The van der Waals surface area contributed by atoms with Gasteiger partial charge in [-0.2, -0.15) is 10.2 Å². The number of esters is 1. The first-order valence-corrected chi connectivity index (χ1v) is 7.70. The smallest absolute Gasteiger partial charge is 0.342 e. The summed E-state index contributed by atoms with van der Waals surface area (Å²) in [6, 6.07) is 7.17. The quantitative estimate of drug-likeness (QED) is 0.664. The van der Waals surface area contributed by atoms with E-state index in [9.17, 15) is 4.79 Å². The molecule has 0 aliphatic rings. The Morgan fingerprint density at radius 2 is 2.04 bits per heavy atom. The number of aromatic nitrogens is 5. The molecular weight excluding hydrogens is 330 g/mol. The molecule has 124 valence electrons. The van der Waals surface area contributed by atoms with E-state index in [-0.39, 0.29) is 0 Å². The minimum atomic E-state index is -0.518. The Bertz CT molecular complexity index is 827. The Kier molecular flexibility index (Phi) is 4.61. The van der Waals surface area contributed by atoms with Crippen LogP contribution in [0.25, 0.3) is 0 Å². The number of hydrogen-bond donors (Lipinski definition) is 0. The molecule has 0 bridgehead atoms. The third-order valence-electron chi connectivity index (χ3n) is 3.77. The lowest BCUT2D eigenvalue weighted by molar-refractivity contribution is 0.0245. The van der Waals surface area contributed by atoms with Crippen LogP contribution in [-0.4, -0.2) is 30.5 Å². The molecular formula is C16H16ClN5O2. The number of ether oxygens (including phenoxy) is 1. The molecule has 3 rings (SSSR count). The summed E-state index contributed by atoms with van der Waals surface area (Å²) >= 11 is 5.94. The SMILES string of the molecule is Cc1c(C(=O)O[C@H](Cn2cncn2)c2ccc(Cl)cc2)cnn1C. The number of carbonyl (C=O) groups excluding carboxylic acids is 1. The van der Waals surface area contributed by atoms with Gasteiger partial charge in [0, 0.05) is 17.8 Å². The average molecular weight is 346 g/mol. The molecule has 7 nitrogen and oxygen atoms in total. The standard InChI is InChI=1S/C16H16ClN5O2/c1-11-14(7-19-21(11)2)16(23)24-15(8-22-10-18-9-20-22)12-3-5-13(17)6-4-12/h3-7,9-10,15H,8H2,1-2H3/t15-/m1/s1. The zero-order valence-corrected chi connectivity index (χ0v) is 14.0. The van der Waals surface area contributed by atoms with Gasteiger partial charge in [-0.1, -0.05) is 23.7 Å². The van der Waals surface area contributed by atoms with Crippen molar-refractivity contribution in [1.82, 2.24) is 24.5 Å². The molecule has 2 aromatic heterocycles. The molecule has 3 aromatic rings. The van der Waals surface area contributed by atoms with E-state index in [4.69, 9.17) is 16.3 Å². The molecule has 0 radical (unpaired) electrons. The molecule has 0 aliphatic heterocycles. The minimum Gasteiger partial charge on any atom is -0.452 e. The summed E-state index contributed by atoms with van der Waals surface area (Å²) in [4.78, 5) is 16.4. The van der Waals surface area contributed by atoms with Crippen LogP contribution in [0.2, 0.25) is 5.02 Å². The number of rotatable bonds is 5. The number of hydrogen-bond acceptors (Lipinski definition) is 5. The lowest BCUT2D eigenvalue weighted by Gasteiger charge is -2.18. The van der Waals surface area contributed by atoms with Crippen molar-refractivity contribution in [1.29, 1.82) is 0 Å². The van der Waals surface area contributed by atoms with Crippen molar-refractivity contribution in [3.63, 3.8) is 0 Å². The van der Waals surface area contributed by atoms with E-state index in [1.807, 2.05) is 19.1 Å². The predicted molar refractivity (Wildman–Crippen MR) is 87.6 cm³/mol. The summed E-state index contributed by atoms with van der Waals surface area (Å²) in [6.07, 6.45) is 4.00. The van der Waals surface area contributed by atoms with Gasteiger partial charge in [0.2, 0.25) is 0 Å². The zero-order valence-electron chi connectivity index (χ0n) is 13.3. The zero-order chi connectivity index (χ0) is 17.1. The largest absolute Gasteiger partial charge is 0.452 e. The third kappa shape index (κ3) is 3.46. The molecule has 1 atom stereocenters. The van der Waals surface area contributed by atoms with Gasteiger partial charge in [0.05, 0.1) is 12.7 Å². The maximum Gasteiger partial charge on any atom is 0.342 e. The first-order chi connectivity index (χ1) is 11.5. The van der Waals surface area contributed by atoms with E-state index < -0.39 is 12.1 Å². The normalized spacial score (nSPS) is 12.1. The number of halogens is 1. The Morgan fingerprint density at radius 3 is 2.62 bits per heavy atom. The highest BCUT2D eigenvalue weighted by Crippen LogP contribution is 2.23. The second-order valence-corrected chi connectivity index (χ2v) is 5.77. The topological polar surface area (TPSA) is 74.8 Å². The first kappa shape index (κ1) is 16.2. The molecule has 1 aromatic carbocycles. The fraction of sp³-hybridized carbons (Fsp3) is 0.250. The van der Waals surface area contributed by atoms with E-state index in [1.54, 1.807) is 34.9 Å². The Hall–Kier alpha value is -2.67. The maximum atomic E-state index is 12.5. The van der Waals surface area contributed by atoms with Crippen molar-refractivity contribution in [2.45, 2.75) is 19.6 Å². The van der Waals surface area contributed by atoms with Gasteiger partial charge < -0.3 is 4.74 Å². The second-order valence-electron chi connectivity index (χ2n) is 5.33. The summed E-state index contributed by atoms with van der Waals surface area (Å²) in [5, 5.41) is 8.77. The number of carbonyl (C=O) groups is 1. The van der Waals surface area contributed by atoms with Crippen molar-refractivity contribution >= 4 is 17.6 Å². The Morgan fingerprint density at radius 1 is 1.29 bits per heavy atom. The van der Waals surface area contributed by atoms with Gasteiger partial charge in [0.1, 0.15) is 24.3 Å². The van der Waals surface area contributed by atoms with Crippen molar-refractivity contribution in [3.8, 4) is 0 Å². The Balaban J connectivity index is 1.85. The predicted octanol–water partition coefficient (Wildman–Crippen LogP) is 2.57. The highest BCUT2D eigenvalue weighted by molar-refractivity contribution is 6.30. The van der Waals surface area contributed by atoms with Gasteiger partial charge in [-0.05, 0) is 24.6 Å². The third-order valence-corrected chi connectivity index (χ3v) is 4.02. The molecule has 0 N–H and O–H groups in total. The molecule has 2 heterocycles. The highest BCUT2D eigenvalue weighted by atomic mass is 35.5. The molecule has 0 spiro atoms. The van der Waals surface area contributed by atoms with Crippen molar-refractivity contribution < 1.29 is 9.53 Å². The molecule has 0 saturated carbocycles. The number of benzene rings is 1. The summed E-state index contributed by atoms with van der Waals surface area (Å²) in [5.74, 6) is -0.430. The summed E-state index contributed by atoms with van der Waals surface area (Å²) in [6.45, 7) is 2.17. The van der Waals surface area contributed by atoms with Crippen LogP contribution in [0.15, 0.2) is 43.1 Å². The summed E-state index contributed by atoms with van der Waals surface area (Å²) < 4.78 is 8.95.